The van der Waals surface area contributed by atoms with Crippen LogP contribution in [-0.2, 0) is 9.53 Å². The average molecular weight is 370 g/mol. The average Bonchev–Trinajstić information content (AvgIpc) is 2.98. The van der Waals surface area contributed by atoms with Crippen LogP contribution in [0.15, 0.2) is 0 Å². The van der Waals surface area contributed by atoms with Gasteiger partial charge < -0.3 is 25.2 Å². The third kappa shape index (κ3) is 2.56. The first-order chi connectivity index (χ1) is 12.1. The molecule has 6 nitrogen and oxygen atoms in total. The summed E-state index contributed by atoms with van der Waals surface area (Å²) in [7, 11) is 0. The van der Waals surface area contributed by atoms with Gasteiger partial charge >= 0.3 is 5.97 Å². The SMILES string of the molecule is CC1CCC2C(C)(CO)C(O)CCC2(C)C12CC(CO)(CC(=O)O)CO2. The lowest BCUT2D eigenvalue weighted by molar-refractivity contribution is -0.242. The summed E-state index contributed by atoms with van der Waals surface area (Å²) in [6, 6.07) is 0. The maximum absolute atomic E-state index is 11.4. The molecule has 1 saturated heterocycles. The van der Waals surface area contributed by atoms with Crippen LogP contribution in [-0.4, -0.2) is 57.9 Å². The minimum absolute atomic E-state index is 0.0703. The molecule has 0 radical (unpaired) electrons. The van der Waals surface area contributed by atoms with Gasteiger partial charge in [0.15, 0.2) is 0 Å². The van der Waals surface area contributed by atoms with Gasteiger partial charge in [-0.15, -0.1) is 0 Å². The van der Waals surface area contributed by atoms with Crippen molar-refractivity contribution in [2.75, 3.05) is 19.8 Å². The number of aliphatic hydroxyl groups is 3. The Kier molecular flexibility index (Phi) is 4.96. The Hall–Kier alpha value is -0.690. The molecule has 0 aromatic heterocycles. The second kappa shape index (κ2) is 6.43. The fraction of sp³-hybridized carbons (Fsp3) is 0.950. The molecular formula is C20H34O6. The third-order valence-electron chi connectivity index (χ3n) is 8.39. The van der Waals surface area contributed by atoms with Crippen LogP contribution in [0, 0.1) is 28.1 Å². The summed E-state index contributed by atoms with van der Waals surface area (Å²) in [6.45, 7) is 6.31. The van der Waals surface area contributed by atoms with E-state index in [4.69, 9.17) is 4.74 Å². The van der Waals surface area contributed by atoms with Crippen LogP contribution in [0.1, 0.15) is 59.3 Å². The Labute approximate surface area is 155 Å². The molecule has 7 atom stereocenters. The fourth-order valence-corrected chi connectivity index (χ4v) is 6.70. The number of rotatable bonds is 4. The van der Waals surface area contributed by atoms with E-state index in [2.05, 4.69) is 13.8 Å². The summed E-state index contributed by atoms with van der Waals surface area (Å²) < 4.78 is 6.46. The Morgan fingerprint density at radius 1 is 1.15 bits per heavy atom. The predicted molar refractivity (Wildman–Crippen MR) is 95.5 cm³/mol. The highest BCUT2D eigenvalue weighted by Gasteiger charge is 2.69. The van der Waals surface area contributed by atoms with Crippen molar-refractivity contribution in [2.45, 2.75) is 71.0 Å². The zero-order chi connectivity index (χ0) is 19.4. The lowest BCUT2D eigenvalue weighted by Gasteiger charge is -2.64. The van der Waals surface area contributed by atoms with E-state index < -0.39 is 28.5 Å². The molecule has 26 heavy (non-hydrogen) atoms. The topological polar surface area (TPSA) is 107 Å². The van der Waals surface area contributed by atoms with E-state index in [1.807, 2.05) is 6.92 Å². The molecule has 2 saturated carbocycles. The molecule has 0 amide bonds. The molecule has 1 heterocycles. The number of hydrogen-bond acceptors (Lipinski definition) is 5. The maximum atomic E-state index is 11.4. The van der Waals surface area contributed by atoms with Crippen molar-refractivity contribution < 1.29 is 30.0 Å². The number of hydrogen-bond donors (Lipinski definition) is 4. The molecule has 0 aromatic rings. The maximum Gasteiger partial charge on any atom is 0.304 e. The molecule has 1 aliphatic heterocycles. The Morgan fingerprint density at radius 3 is 2.42 bits per heavy atom. The largest absolute Gasteiger partial charge is 0.481 e. The van der Waals surface area contributed by atoms with Gasteiger partial charge in [-0.3, -0.25) is 4.79 Å². The first-order valence-electron chi connectivity index (χ1n) is 9.85. The summed E-state index contributed by atoms with van der Waals surface area (Å²) >= 11 is 0. The zero-order valence-electron chi connectivity index (χ0n) is 16.2. The van der Waals surface area contributed by atoms with Crippen molar-refractivity contribution in [1.82, 2.24) is 0 Å². The van der Waals surface area contributed by atoms with E-state index >= 15 is 0 Å². The summed E-state index contributed by atoms with van der Waals surface area (Å²) in [5, 5.41) is 40.1. The highest BCUT2D eigenvalue weighted by molar-refractivity contribution is 5.68. The van der Waals surface area contributed by atoms with Crippen LogP contribution in [0.3, 0.4) is 0 Å². The quantitative estimate of drug-likeness (QED) is 0.601. The lowest BCUT2D eigenvalue weighted by atomic mass is 9.43. The molecule has 7 unspecified atom stereocenters. The van der Waals surface area contributed by atoms with Crippen molar-refractivity contribution in [1.29, 1.82) is 0 Å². The lowest BCUT2D eigenvalue weighted by Crippen LogP contribution is -2.66. The monoisotopic (exact) mass is 370 g/mol. The second-order valence-corrected chi connectivity index (χ2v) is 9.75. The summed E-state index contributed by atoms with van der Waals surface area (Å²) in [4.78, 5) is 11.4. The van der Waals surface area contributed by atoms with Crippen molar-refractivity contribution in [3.8, 4) is 0 Å². The van der Waals surface area contributed by atoms with Crippen LogP contribution in [0.5, 0.6) is 0 Å². The number of ether oxygens (including phenoxy) is 1. The number of carboxylic acid groups (broad SMARTS) is 1. The van der Waals surface area contributed by atoms with Crippen LogP contribution < -0.4 is 0 Å². The predicted octanol–water partition coefficient (Wildman–Crippen LogP) is 1.80. The van der Waals surface area contributed by atoms with Crippen LogP contribution in [0.2, 0.25) is 0 Å². The Balaban J connectivity index is 2.02. The molecule has 150 valence electrons. The van der Waals surface area contributed by atoms with Crippen molar-refractivity contribution >= 4 is 5.97 Å². The summed E-state index contributed by atoms with van der Waals surface area (Å²) in [6.07, 6.45) is 3.10. The minimum atomic E-state index is -0.913. The van der Waals surface area contributed by atoms with Crippen LogP contribution >= 0.6 is 0 Å². The molecular weight excluding hydrogens is 336 g/mol. The van der Waals surface area contributed by atoms with E-state index in [1.165, 1.54) is 0 Å². The van der Waals surface area contributed by atoms with E-state index in [0.717, 1.165) is 19.3 Å². The first kappa shape index (κ1) is 20.1. The molecule has 3 rings (SSSR count). The minimum Gasteiger partial charge on any atom is -0.481 e. The molecule has 6 heteroatoms. The van der Waals surface area contributed by atoms with Gasteiger partial charge in [-0.1, -0.05) is 20.8 Å². The number of fused-ring (bicyclic) bond motifs is 2. The number of aliphatic hydroxyl groups excluding tert-OH is 3. The Bertz CT molecular complexity index is 567. The second-order valence-electron chi connectivity index (χ2n) is 9.75. The van der Waals surface area contributed by atoms with Crippen molar-refractivity contribution in [2.24, 2.45) is 28.1 Å². The Morgan fingerprint density at radius 2 is 1.85 bits per heavy atom. The van der Waals surface area contributed by atoms with Crippen molar-refractivity contribution in [3.05, 3.63) is 0 Å². The van der Waals surface area contributed by atoms with E-state index in [9.17, 15) is 25.2 Å². The molecule has 3 aliphatic rings. The zero-order valence-corrected chi connectivity index (χ0v) is 16.2. The molecule has 0 bridgehead atoms. The highest BCUT2D eigenvalue weighted by atomic mass is 16.5. The van der Waals surface area contributed by atoms with Gasteiger partial charge in [-0.2, -0.15) is 0 Å². The van der Waals surface area contributed by atoms with E-state index in [0.29, 0.717) is 12.8 Å². The smallest absolute Gasteiger partial charge is 0.304 e. The number of carbonyl (C=O) groups is 1. The van der Waals surface area contributed by atoms with E-state index in [-0.39, 0.29) is 43.5 Å². The van der Waals surface area contributed by atoms with Gasteiger partial charge in [0.25, 0.3) is 0 Å². The molecule has 3 fully saturated rings. The highest BCUT2D eigenvalue weighted by Crippen LogP contribution is 2.67. The third-order valence-corrected chi connectivity index (χ3v) is 8.39. The van der Waals surface area contributed by atoms with Gasteiger partial charge in [0.05, 0.1) is 37.9 Å². The van der Waals surface area contributed by atoms with Crippen LogP contribution in [0.4, 0.5) is 0 Å². The van der Waals surface area contributed by atoms with Gasteiger partial charge in [0, 0.05) is 16.2 Å². The molecule has 0 aromatic carbocycles. The number of aliphatic carboxylic acids is 1. The summed E-state index contributed by atoms with van der Waals surface area (Å²) in [5.41, 5.74) is -2.13. The summed E-state index contributed by atoms with van der Waals surface area (Å²) in [5.74, 6) is -0.576. The van der Waals surface area contributed by atoms with Crippen LogP contribution in [0.25, 0.3) is 0 Å². The standard InChI is InChI=1S/C20H34O6/c1-13-4-5-14-17(2,10-21)15(23)6-7-18(14,3)20(13)9-19(11-22,12-26-20)8-16(24)25/h13-15,21-23H,4-12H2,1-3H3,(H,24,25). The van der Waals surface area contributed by atoms with Gasteiger partial charge in [-0.25, -0.2) is 0 Å². The fourth-order valence-electron chi connectivity index (χ4n) is 6.70. The van der Waals surface area contributed by atoms with Gasteiger partial charge in [0.2, 0.25) is 0 Å². The normalized spacial score (nSPS) is 51.4. The molecule has 1 spiro atoms. The molecule has 4 N–H and O–H groups in total. The van der Waals surface area contributed by atoms with Gasteiger partial charge in [-0.05, 0) is 43.9 Å². The van der Waals surface area contributed by atoms with E-state index in [1.54, 1.807) is 0 Å². The van der Waals surface area contributed by atoms with Gasteiger partial charge in [0.1, 0.15) is 0 Å². The first-order valence-corrected chi connectivity index (χ1v) is 9.85. The van der Waals surface area contributed by atoms with Crippen molar-refractivity contribution in [3.63, 3.8) is 0 Å². The molecule has 2 aliphatic carbocycles. The number of carboxylic acids is 1.